The van der Waals surface area contributed by atoms with Crippen LogP contribution in [0.25, 0.3) is 0 Å². The first-order valence-electron chi connectivity index (χ1n) is 9.91. The first-order valence-corrected chi connectivity index (χ1v) is 10.3. The normalized spacial score (nSPS) is 16.5. The van der Waals surface area contributed by atoms with E-state index in [4.69, 9.17) is 17.0 Å². The SMILES string of the molecule is COc1cc(N2CCCC(C)C2)nc(NC(=S)NCCCc2ccccc2)n1. The number of thiocarbonyl (C=S) groups is 1. The van der Waals surface area contributed by atoms with Crippen molar-refractivity contribution in [2.24, 2.45) is 5.92 Å². The quantitative estimate of drug-likeness (QED) is 0.544. The highest BCUT2D eigenvalue weighted by molar-refractivity contribution is 7.80. The van der Waals surface area contributed by atoms with E-state index < -0.39 is 0 Å². The minimum absolute atomic E-state index is 0.466. The summed E-state index contributed by atoms with van der Waals surface area (Å²) in [6.07, 6.45) is 4.46. The Kier molecular flexibility index (Phi) is 7.42. The molecule has 28 heavy (non-hydrogen) atoms. The van der Waals surface area contributed by atoms with Crippen LogP contribution < -0.4 is 20.3 Å². The molecule has 1 aromatic carbocycles. The van der Waals surface area contributed by atoms with Crippen molar-refractivity contribution in [1.82, 2.24) is 15.3 Å². The highest BCUT2D eigenvalue weighted by atomic mass is 32.1. The van der Waals surface area contributed by atoms with Crippen molar-refractivity contribution in [1.29, 1.82) is 0 Å². The lowest BCUT2D eigenvalue weighted by Crippen LogP contribution is -2.35. The average molecular weight is 400 g/mol. The van der Waals surface area contributed by atoms with Gasteiger partial charge in [0.15, 0.2) is 5.11 Å². The molecule has 0 amide bonds. The van der Waals surface area contributed by atoms with Crippen LogP contribution in [-0.2, 0) is 6.42 Å². The van der Waals surface area contributed by atoms with Gasteiger partial charge in [0.05, 0.1) is 7.11 Å². The minimum atomic E-state index is 0.466. The summed E-state index contributed by atoms with van der Waals surface area (Å²) in [5, 5.41) is 6.86. The van der Waals surface area contributed by atoms with Crippen LogP contribution in [0, 0.1) is 5.92 Å². The van der Waals surface area contributed by atoms with Crippen LogP contribution in [0.1, 0.15) is 31.7 Å². The van der Waals surface area contributed by atoms with E-state index in [9.17, 15) is 0 Å². The van der Waals surface area contributed by atoms with Crippen LogP contribution in [0.15, 0.2) is 36.4 Å². The third-order valence-corrected chi connectivity index (χ3v) is 5.12. The first-order chi connectivity index (χ1) is 13.6. The Labute approximate surface area is 172 Å². The summed E-state index contributed by atoms with van der Waals surface area (Å²) in [5.41, 5.74) is 1.33. The lowest BCUT2D eigenvalue weighted by atomic mass is 10.0. The molecule has 1 aromatic heterocycles. The molecule has 150 valence electrons. The summed E-state index contributed by atoms with van der Waals surface area (Å²) >= 11 is 5.41. The summed E-state index contributed by atoms with van der Waals surface area (Å²) in [6, 6.07) is 12.3. The number of ether oxygens (including phenoxy) is 1. The zero-order chi connectivity index (χ0) is 19.8. The molecule has 0 bridgehead atoms. The van der Waals surface area contributed by atoms with Crippen LogP contribution in [0.3, 0.4) is 0 Å². The Morgan fingerprint density at radius 2 is 2.11 bits per heavy atom. The van der Waals surface area contributed by atoms with Crippen molar-refractivity contribution in [2.45, 2.75) is 32.6 Å². The number of aromatic nitrogens is 2. The topological polar surface area (TPSA) is 62.3 Å². The molecule has 2 aromatic rings. The van der Waals surface area contributed by atoms with Crippen molar-refractivity contribution in [3.05, 3.63) is 42.0 Å². The standard InChI is InChI=1S/C21H29N5OS/c1-16-8-7-13-26(15-16)18-14-19(27-2)24-20(23-18)25-21(28)22-12-6-11-17-9-4-3-5-10-17/h3-5,9-10,14,16H,6-8,11-13,15H2,1-2H3,(H2,22,23,24,25,28). The molecule has 1 aliphatic rings. The average Bonchev–Trinajstić information content (AvgIpc) is 2.71. The van der Waals surface area contributed by atoms with Gasteiger partial charge in [-0.1, -0.05) is 37.3 Å². The summed E-state index contributed by atoms with van der Waals surface area (Å²) in [5.74, 6) is 2.55. The maximum Gasteiger partial charge on any atom is 0.234 e. The molecule has 0 aliphatic carbocycles. The van der Waals surface area contributed by atoms with E-state index in [0.29, 0.717) is 22.9 Å². The molecule has 1 saturated heterocycles. The lowest BCUT2D eigenvalue weighted by Gasteiger charge is -2.32. The van der Waals surface area contributed by atoms with Crippen molar-refractivity contribution < 1.29 is 4.74 Å². The number of anilines is 2. The Morgan fingerprint density at radius 1 is 1.29 bits per heavy atom. The number of rotatable bonds is 7. The number of benzene rings is 1. The third-order valence-electron chi connectivity index (χ3n) is 4.88. The number of piperidine rings is 1. The second-order valence-electron chi connectivity index (χ2n) is 7.26. The molecular formula is C21H29N5OS. The molecule has 2 N–H and O–H groups in total. The molecule has 1 aliphatic heterocycles. The van der Waals surface area contributed by atoms with E-state index in [0.717, 1.165) is 38.3 Å². The van der Waals surface area contributed by atoms with Gasteiger partial charge in [-0.15, -0.1) is 0 Å². The Balaban J connectivity index is 1.53. The van der Waals surface area contributed by atoms with Gasteiger partial charge in [0.2, 0.25) is 11.8 Å². The number of hydrogen-bond acceptors (Lipinski definition) is 5. The molecule has 1 atom stereocenters. The zero-order valence-corrected chi connectivity index (χ0v) is 17.5. The van der Waals surface area contributed by atoms with Crippen LogP contribution in [0.4, 0.5) is 11.8 Å². The van der Waals surface area contributed by atoms with E-state index >= 15 is 0 Å². The summed E-state index contributed by atoms with van der Waals surface area (Å²) in [7, 11) is 1.62. The smallest absolute Gasteiger partial charge is 0.234 e. The Bertz CT molecular complexity index is 771. The van der Waals surface area contributed by atoms with Gasteiger partial charge in [-0.25, -0.2) is 0 Å². The van der Waals surface area contributed by atoms with E-state index in [2.05, 4.69) is 56.7 Å². The van der Waals surface area contributed by atoms with Crippen molar-refractivity contribution in [3.8, 4) is 5.88 Å². The monoisotopic (exact) mass is 399 g/mol. The molecular weight excluding hydrogens is 370 g/mol. The Hall–Kier alpha value is -2.41. The highest BCUT2D eigenvalue weighted by Crippen LogP contribution is 2.25. The molecule has 0 radical (unpaired) electrons. The minimum Gasteiger partial charge on any atom is -0.481 e. The number of methoxy groups -OCH3 is 1. The molecule has 6 nitrogen and oxygen atoms in total. The van der Waals surface area contributed by atoms with Gasteiger partial charge in [-0.05, 0) is 49.4 Å². The first kappa shape index (κ1) is 20.3. The Morgan fingerprint density at radius 3 is 2.86 bits per heavy atom. The van der Waals surface area contributed by atoms with Crippen LogP contribution in [0.5, 0.6) is 5.88 Å². The number of hydrogen-bond donors (Lipinski definition) is 2. The fraction of sp³-hybridized carbons (Fsp3) is 0.476. The van der Waals surface area contributed by atoms with E-state index in [-0.39, 0.29) is 0 Å². The van der Waals surface area contributed by atoms with Crippen molar-refractivity contribution in [2.75, 3.05) is 37.0 Å². The van der Waals surface area contributed by atoms with Crippen molar-refractivity contribution in [3.63, 3.8) is 0 Å². The fourth-order valence-corrected chi connectivity index (χ4v) is 3.61. The molecule has 0 spiro atoms. The lowest BCUT2D eigenvalue weighted by molar-refractivity contribution is 0.396. The van der Waals surface area contributed by atoms with Crippen molar-refractivity contribution >= 4 is 29.1 Å². The van der Waals surface area contributed by atoms with Crippen LogP contribution >= 0.6 is 12.2 Å². The molecule has 3 rings (SSSR count). The largest absolute Gasteiger partial charge is 0.481 e. The van der Waals surface area contributed by atoms with Gasteiger partial charge < -0.3 is 20.3 Å². The molecule has 2 heterocycles. The highest BCUT2D eigenvalue weighted by Gasteiger charge is 2.19. The second-order valence-corrected chi connectivity index (χ2v) is 7.66. The predicted octanol–water partition coefficient (Wildman–Crippen LogP) is 3.64. The zero-order valence-electron chi connectivity index (χ0n) is 16.6. The van der Waals surface area contributed by atoms with Gasteiger partial charge >= 0.3 is 0 Å². The summed E-state index contributed by atoms with van der Waals surface area (Å²) in [6.45, 7) is 5.08. The second kappa shape index (κ2) is 10.2. The number of nitrogens with zero attached hydrogens (tertiary/aromatic N) is 3. The molecule has 1 unspecified atom stereocenters. The maximum absolute atomic E-state index is 5.41. The van der Waals surface area contributed by atoms with E-state index in [1.165, 1.54) is 18.4 Å². The number of nitrogens with one attached hydrogen (secondary N) is 2. The van der Waals surface area contributed by atoms with Gasteiger partial charge in [-0.3, -0.25) is 0 Å². The fourth-order valence-electron chi connectivity index (χ4n) is 3.42. The maximum atomic E-state index is 5.41. The molecule has 0 saturated carbocycles. The predicted molar refractivity (Wildman–Crippen MR) is 118 cm³/mol. The molecule has 7 heteroatoms. The van der Waals surface area contributed by atoms with E-state index in [1.807, 2.05) is 12.1 Å². The summed E-state index contributed by atoms with van der Waals surface area (Å²) in [4.78, 5) is 11.3. The van der Waals surface area contributed by atoms with Crippen LogP contribution in [-0.4, -0.2) is 41.8 Å². The van der Waals surface area contributed by atoms with E-state index in [1.54, 1.807) is 7.11 Å². The molecule has 1 fully saturated rings. The third kappa shape index (κ3) is 6.05. The number of aryl methyl sites for hydroxylation is 1. The van der Waals surface area contributed by atoms with Gasteiger partial charge in [0, 0.05) is 25.7 Å². The van der Waals surface area contributed by atoms with Gasteiger partial charge in [-0.2, -0.15) is 9.97 Å². The van der Waals surface area contributed by atoms with Gasteiger partial charge in [0.25, 0.3) is 0 Å². The van der Waals surface area contributed by atoms with Gasteiger partial charge in [0.1, 0.15) is 5.82 Å². The summed E-state index contributed by atoms with van der Waals surface area (Å²) < 4.78 is 5.36. The van der Waals surface area contributed by atoms with Crippen LogP contribution in [0.2, 0.25) is 0 Å².